The fourth-order valence-corrected chi connectivity index (χ4v) is 4.21. The van der Waals surface area contributed by atoms with Crippen LogP contribution in [-0.4, -0.2) is 10.8 Å². The van der Waals surface area contributed by atoms with Crippen molar-refractivity contribution in [2.45, 2.75) is 18.2 Å². The predicted molar refractivity (Wildman–Crippen MR) is 127 cm³/mol. The van der Waals surface area contributed by atoms with Crippen molar-refractivity contribution in [1.29, 1.82) is 0 Å². The molecule has 3 aromatic rings. The Kier molecular flexibility index (Phi) is 8.28. The molecule has 0 saturated carbocycles. The van der Waals surface area contributed by atoms with Crippen LogP contribution < -0.4 is 0 Å². The predicted octanol–water partition coefficient (Wildman–Crippen LogP) is 7.96. The smallest absolute Gasteiger partial charge is 0.0972 e. The van der Waals surface area contributed by atoms with E-state index in [1.807, 2.05) is 24.3 Å². The van der Waals surface area contributed by atoms with Crippen LogP contribution in [0.5, 0.6) is 0 Å². The van der Waals surface area contributed by atoms with E-state index in [-0.39, 0.29) is 0 Å². The zero-order chi connectivity index (χ0) is 19.6. The van der Waals surface area contributed by atoms with E-state index < -0.39 is 0 Å². The molecule has 3 aromatic carbocycles. The summed E-state index contributed by atoms with van der Waals surface area (Å²) in [5.74, 6) is 0.991. The second-order valence-electron chi connectivity index (χ2n) is 6.24. The monoisotopic (exact) mass is 423 g/mol. The summed E-state index contributed by atoms with van der Waals surface area (Å²) >= 11 is 9.40. The number of rotatable bonds is 7. The Morgan fingerprint density at radius 3 is 2.36 bits per heavy atom. The van der Waals surface area contributed by atoms with Gasteiger partial charge in [0.25, 0.3) is 0 Å². The van der Waals surface area contributed by atoms with Crippen molar-refractivity contribution < 1.29 is 0 Å². The Morgan fingerprint density at radius 1 is 0.929 bits per heavy atom. The van der Waals surface area contributed by atoms with E-state index in [9.17, 15) is 0 Å². The van der Waals surface area contributed by atoms with E-state index in [0.29, 0.717) is 0 Å². The highest BCUT2D eigenvalue weighted by atomic mass is 35.5. The summed E-state index contributed by atoms with van der Waals surface area (Å²) in [6, 6.07) is 26.8. The molecule has 0 fully saturated rings. The largest absolute Gasteiger partial charge is 0.242 e. The average Bonchev–Trinajstić information content (AvgIpc) is 2.72. The normalized spacial score (nSPS) is 11.9. The van der Waals surface area contributed by atoms with E-state index in [2.05, 4.69) is 73.0 Å². The first kappa shape index (κ1) is 20.8. The lowest BCUT2D eigenvalue weighted by Crippen LogP contribution is -1.93. The minimum atomic E-state index is 0.756. The molecule has 4 heteroatoms. The van der Waals surface area contributed by atoms with Crippen LogP contribution in [0.15, 0.2) is 100 Å². The number of halogens is 1. The van der Waals surface area contributed by atoms with Gasteiger partial charge in [0.15, 0.2) is 0 Å². The first-order valence-electron chi connectivity index (χ1n) is 9.10. The van der Waals surface area contributed by atoms with Gasteiger partial charge in [0.1, 0.15) is 0 Å². The molecule has 0 amide bonds. The molecule has 0 bridgehead atoms. The maximum Gasteiger partial charge on any atom is 0.0972 e. The first-order chi connectivity index (χ1) is 13.7. The van der Waals surface area contributed by atoms with Gasteiger partial charge in [-0.05, 0) is 66.8 Å². The molecule has 0 N–H and O–H groups in total. The SMILES string of the molecule is Cc1ccc(N=C(C=CSc2ccc(Cl)cc2)SCCc2ccccc2)cc1. The molecule has 1 nitrogen and oxygen atoms in total. The second-order valence-corrected chi connectivity index (χ2v) is 8.78. The number of nitrogens with zero attached hydrogens (tertiary/aromatic N) is 1. The van der Waals surface area contributed by atoms with Crippen LogP contribution in [0.25, 0.3) is 0 Å². The Balaban J connectivity index is 1.66. The highest BCUT2D eigenvalue weighted by Gasteiger charge is 2.00. The van der Waals surface area contributed by atoms with Crippen molar-refractivity contribution in [3.05, 3.63) is 106 Å². The third-order valence-electron chi connectivity index (χ3n) is 3.99. The molecule has 0 saturated heterocycles. The molecule has 0 heterocycles. The molecule has 0 aliphatic heterocycles. The Morgan fingerprint density at radius 2 is 1.64 bits per heavy atom. The molecule has 28 heavy (non-hydrogen) atoms. The fraction of sp³-hybridized carbons (Fsp3) is 0.125. The summed E-state index contributed by atoms with van der Waals surface area (Å²) < 4.78 is 0. The van der Waals surface area contributed by atoms with Crippen LogP contribution in [0, 0.1) is 6.92 Å². The van der Waals surface area contributed by atoms with Gasteiger partial charge in [0.05, 0.1) is 10.7 Å². The van der Waals surface area contributed by atoms with Crippen molar-refractivity contribution in [3.63, 3.8) is 0 Å². The zero-order valence-electron chi connectivity index (χ0n) is 15.7. The van der Waals surface area contributed by atoms with Crippen molar-refractivity contribution in [3.8, 4) is 0 Å². The summed E-state index contributed by atoms with van der Waals surface area (Å²) in [5, 5.41) is 3.86. The summed E-state index contributed by atoms with van der Waals surface area (Å²) in [5.41, 5.74) is 3.57. The lowest BCUT2D eigenvalue weighted by molar-refractivity contribution is 1.16. The zero-order valence-corrected chi connectivity index (χ0v) is 18.1. The van der Waals surface area contributed by atoms with Crippen LogP contribution >= 0.6 is 35.1 Å². The first-order valence-corrected chi connectivity index (χ1v) is 11.3. The van der Waals surface area contributed by atoms with Gasteiger partial charge in [0, 0.05) is 15.7 Å². The highest BCUT2D eigenvalue weighted by molar-refractivity contribution is 8.14. The molecular weight excluding hydrogens is 402 g/mol. The minimum absolute atomic E-state index is 0.756. The van der Waals surface area contributed by atoms with Crippen molar-refractivity contribution in [1.82, 2.24) is 0 Å². The number of hydrogen-bond acceptors (Lipinski definition) is 3. The van der Waals surface area contributed by atoms with E-state index in [1.165, 1.54) is 11.1 Å². The highest BCUT2D eigenvalue weighted by Crippen LogP contribution is 2.23. The summed E-state index contributed by atoms with van der Waals surface area (Å²) in [6.45, 7) is 2.09. The summed E-state index contributed by atoms with van der Waals surface area (Å²) in [4.78, 5) is 5.99. The number of benzene rings is 3. The lowest BCUT2D eigenvalue weighted by atomic mass is 10.2. The van der Waals surface area contributed by atoms with Crippen LogP contribution in [0.1, 0.15) is 11.1 Å². The summed E-state index contributed by atoms with van der Waals surface area (Å²) in [6.07, 6.45) is 3.12. The maximum atomic E-state index is 5.96. The lowest BCUT2D eigenvalue weighted by Gasteiger charge is -2.04. The topological polar surface area (TPSA) is 12.4 Å². The molecule has 3 rings (SSSR count). The Labute approximate surface area is 180 Å². The third kappa shape index (κ3) is 7.23. The van der Waals surface area contributed by atoms with Gasteiger partial charge in [-0.1, -0.05) is 71.4 Å². The quantitative estimate of drug-likeness (QED) is 0.217. The maximum absolute atomic E-state index is 5.96. The van der Waals surface area contributed by atoms with E-state index in [4.69, 9.17) is 16.6 Å². The summed E-state index contributed by atoms with van der Waals surface area (Å²) in [7, 11) is 0. The third-order valence-corrected chi connectivity index (χ3v) is 5.99. The van der Waals surface area contributed by atoms with E-state index in [1.54, 1.807) is 23.5 Å². The van der Waals surface area contributed by atoms with E-state index >= 15 is 0 Å². The molecular formula is C24H22ClNS2. The van der Waals surface area contributed by atoms with Gasteiger partial charge in [0.2, 0.25) is 0 Å². The number of thioether (sulfide) groups is 2. The van der Waals surface area contributed by atoms with Gasteiger partial charge < -0.3 is 0 Å². The van der Waals surface area contributed by atoms with Crippen LogP contribution in [0.3, 0.4) is 0 Å². The molecule has 0 unspecified atom stereocenters. The standard InChI is InChI=1S/C24H22ClNS2/c1-19-7-11-22(12-8-19)26-24(28-17-15-20-5-3-2-4-6-20)16-18-27-23-13-9-21(25)10-14-23/h2-14,16,18H,15,17H2,1H3. The molecule has 142 valence electrons. The van der Waals surface area contributed by atoms with Gasteiger partial charge in [-0.15, -0.1) is 11.8 Å². The molecule has 0 aliphatic rings. The van der Waals surface area contributed by atoms with Crippen LogP contribution in [0.2, 0.25) is 5.02 Å². The van der Waals surface area contributed by atoms with Crippen molar-refractivity contribution in [2.24, 2.45) is 4.99 Å². The molecule has 0 radical (unpaired) electrons. The Hall–Kier alpha value is -1.94. The number of aryl methyl sites for hydroxylation is 2. The average molecular weight is 424 g/mol. The van der Waals surface area contributed by atoms with Crippen LogP contribution in [-0.2, 0) is 6.42 Å². The number of aliphatic imine (C=N–C) groups is 1. The molecule has 0 atom stereocenters. The number of hydrogen-bond donors (Lipinski definition) is 0. The Bertz CT molecular complexity index is 917. The second kappa shape index (κ2) is 11.2. The van der Waals surface area contributed by atoms with Gasteiger partial charge in [-0.2, -0.15) is 0 Å². The molecule has 0 aromatic heterocycles. The van der Waals surface area contributed by atoms with Gasteiger partial charge in [-0.3, -0.25) is 0 Å². The molecule has 0 aliphatic carbocycles. The van der Waals surface area contributed by atoms with Crippen molar-refractivity contribution in [2.75, 3.05) is 5.75 Å². The fourth-order valence-electron chi connectivity index (χ4n) is 2.47. The van der Waals surface area contributed by atoms with Crippen molar-refractivity contribution >= 4 is 45.9 Å². The molecule has 0 spiro atoms. The van der Waals surface area contributed by atoms with Gasteiger partial charge >= 0.3 is 0 Å². The van der Waals surface area contributed by atoms with Gasteiger partial charge in [-0.25, -0.2) is 4.99 Å². The minimum Gasteiger partial charge on any atom is -0.242 e. The van der Waals surface area contributed by atoms with E-state index in [0.717, 1.165) is 32.8 Å². The van der Waals surface area contributed by atoms with Crippen LogP contribution in [0.4, 0.5) is 5.69 Å².